The van der Waals surface area contributed by atoms with E-state index in [4.69, 9.17) is 18.3 Å². The molecule has 0 amide bonds. The summed E-state index contributed by atoms with van der Waals surface area (Å²) in [4.78, 5) is 25.0. The Morgan fingerprint density at radius 2 is 1.45 bits per heavy atom. The molecule has 0 aliphatic carbocycles. The number of carbonyl (C=O) groups is 2. The van der Waals surface area contributed by atoms with Gasteiger partial charge in [0.1, 0.15) is 35.4 Å². The fourth-order valence-electron chi connectivity index (χ4n) is 4.75. The summed E-state index contributed by atoms with van der Waals surface area (Å²) < 4.78 is 23.5. The molecule has 4 rings (SSSR count). The average Bonchev–Trinajstić information content (AvgIpc) is 3.60. The summed E-state index contributed by atoms with van der Waals surface area (Å²) in [5, 5.41) is 8.61. The SMILES string of the molecule is CCC(=O)c1cc2ccc(O[C@H](C)CNC(C)CCC(C)C(=O)c3cc4ccc(OCCNC(C)C)cc4o3)cc2o1. The zero-order chi connectivity index (χ0) is 30.2. The molecule has 0 spiro atoms. The van der Waals surface area contributed by atoms with Crippen molar-refractivity contribution in [3.05, 3.63) is 60.1 Å². The minimum Gasteiger partial charge on any atom is -0.492 e. The lowest BCUT2D eigenvalue weighted by Crippen LogP contribution is -2.35. The lowest BCUT2D eigenvalue weighted by atomic mass is 9.96. The monoisotopic (exact) mass is 576 g/mol. The Hall–Kier alpha value is -3.62. The number of furan rings is 2. The topological polar surface area (TPSA) is 103 Å². The van der Waals surface area contributed by atoms with E-state index in [9.17, 15) is 9.59 Å². The molecule has 8 nitrogen and oxygen atoms in total. The highest BCUT2D eigenvalue weighted by atomic mass is 16.5. The number of hydrogen-bond acceptors (Lipinski definition) is 8. The van der Waals surface area contributed by atoms with Gasteiger partial charge in [0.25, 0.3) is 0 Å². The largest absolute Gasteiger partial charge is 0.492 e. The van der Waals surface area contributed by atoms with Crippen LogP contribution in [0.5, 0.6) is 11.5 Å². The number of carbonyl (C=O) groups excluding carboxylic acids is 2. The number of nitrogens with one attached hydrogen (secondary N) is 2. The lowest BCUT2D eigenvalue weighted by Gasteiger charge is -2.20. The Bertz CT molecular complexity index is 1490. The molecule has 42 heavy (non-hydrogen) atoms. The summed E-state index contributed by atoms with van der Waals surface area (Å²) in [5.74, 6) is 2.03. The van der Waals surface area contributed by atoms with Crippen LogP contribution in [0, 0.1) is 5.92 Å². The molecule has 4 aromatic rings. The molecule has 3 atom stereocenters. The first-order valence-corrected chi connectivity index (χ1v) is 15.0. The predicted octanol–water partition coefficient (Wildman–Crippen LogP) is 7.19. The number of hydrogen-bond donors (Lipinski definition) is 2. The van der Waals surface area contributed by atoms with Crippen molar-refractivity contribution < 1.29 is 27.9 Å². The lowest BCUT2D eigenvalue weighted by molar-refractivity contribution is 0.0894. The van der Waals surface area contributed by atoms with Gasteiger partial charge in [-0.3, -0.25) is 9.59 Å². The van der Waals surface area contributed by atoms with E-state index in [2.05, 4.69) is 31.4 Å². The van der Waals surface area contributed by atoms with E-state index in [1.807, 2.05) is 63.2 Å². The maximum absolute atomic E-state index is 13.1. The van der Waals surface area contributed by atoms with Crippen LogP contribution in [0.15, 0.2) is 57.4 Å². The summed E-state index contributed by atoms with van der Waals surface area (Å²) in [5.41, 5.74) is 1.30. The number of rotatable bonds is 17. The molecule has 2 unspecified atom stereocenters. The first kappa shape index (κ1) is 31.3. The molecule has 2 aromatic heterocycles. The maximum Gasteiger partial charge on any atom is 0.200 e. The zero-order valence-corrected chi connectivity index (χ0v) is 25.6. The normalized spacial score (nSPS) is 13.9. The third kappa shape index (κ3) is 8.46. The minimum absolute atomic E-state index is 0.0100. The first-order chi connectivity index (χ1) is 20.1. The van der Waals surface area contributed by atoms with Gasteiger partial charge in [0.2, 0.25) is 5.78 Å². The number of Topliss-reactive ketones (excluding diaryl/α,β-unsaturated/α-hetero) is 2. The number of fused-ring (bicyclic) bond motifs is 2. The van der Waals surface area contributed by atoms with Gasteiger partial charge in [-0.1, -0.05) is 27.7 Å². The van der Waals surface area contributed by atoms with Gasteiger partial charge < -0.3 is 28.9 Å². The van der Waals surface area contributed by atoms with Gasteiger partial charge in [0.05, 0.1) is 0 Å². The summed E-state index contributed by atoms with van der Waals surface area (Å²) in [6, 6.07) is 15.5. The smallest absolute Gasteiger partial charge is 0.200 e. The quantitative estimate of drug-likeness (QED) is 0.101. The first-order valence-electron chi connectivity index (χ1n) is 15.0. The predicted molar refractivity (Wildman–Crippen MR) is 166 cm³/mol. The van der Waals surface area contributed by atoms with Crippen molar-refractivity contribution in [2.75, 3.05) is 19.7 Å². The van der Waals surface area contributed by atoms with E-state index in [0.717, 1.165) is 35.9 Å². The van der Waals surface area contributed by atoms with Crippen molar-refractivity contribution in [2.45, 2.75) is 79.0 Å². The fourth-order valence-corrected chi connectivity index (χ4v) is 4.75. The molecule has 0 saturated heterocycles. The second kappa shape index (κ2) is 14.5. The van der Waals surface area contributed by atoms with E-state index in [1.54, 1.807) is 6.07 Å². The Morgan fingerprint density at radius 1 is 0.810 bits per heavy atom. The molecule has 2 N–H and O–H groups in total. The van der Waals surface area contributed by atoms with E-state index in [0.29, 0.717) is 54.1 Å². The van der Waals surface area contributed by atoms with Crippen molar-refractivity contribution in [1.29, 1.82) is 0 Å². The maximum atomic E-state index is 13.1. The highest BCUT2D eigenvalue weighted by Crippen LogP contribution is 2.27. The summed E-state index contributed by atoms with van der Waals surface area (Å²) in [6.07, 6.45) is 1.91. The molecule has 0 aliphatic rings. The third-order valence-corrected chi connectivity index (χ3v) is 7.32. The van der Waals surface area contributed by atoms with Crippen LogP contribution in [0.25, 0.3) is 21.9 Å². The molecule has 8 heteroatoms. The Morgan fingerprint density at radius 3 is 2.14 bits per heavy atom. The number of ether oxygens (including phenoxy) is 2. The highest BCUT2D eigenvalue weighted by Gasteiger charge is 2.21. The van der Waals surface area contributed by atoms with Crippen molar-refractivity contribution >= 4 is 33.5 Å². The van der Waals surface area contributed by atoms with Crippen LogP contribution in [0.3, 0.4) is 0 Å². The third-order valence-electron chi connectivity index (χ3n) is 7.32. The molecule has 0 radical (unpaired) electrons. The molecule has 2 heterocycles. The molecular formula is C34H44N2O6. The van der Waals surface area contributed by atoms with Crippen LogP contribution < -0.4 is 20.1 Å². The van der Waals surface area contributed by atoms with Gasteiger partial charge in [-0.05, 0) is 63.1 Å². The highest BCUT2D eigenvalue weighted by molar-refractivity contribution is 5.99. The average molecular weight is 577 g/mol. The summed E-state index contributed by atoms with van der Waals surface area (Å²) in [7, 11) is 0. The minimum atomic E-state index is -0.161. The van der Waals surface area contributed by atoms with E-state index in [-0.39, 0.29) is 29.6 Å². The second-order valence-corrected chi connectivity index (χ2v) is 11.4. The zero-order valence-electron chi connectivity index (χ0n) is 25.6. The summed E-state index contributed by atoms with van der Waals surface area (Å²) in [6.45, 7) is 14.1. The molecule has 2 aromatic carbocycles. The van der Waals surface area contributed by atoms with E-state index < -0.39 is 0 Å². The van der Waals surface area contributed by atoms with Gasteiger partial charge in [-0.2, -0.15) is 0 Å². The Balaban J connectivity index is 1.21. The fraction of sp³-hybridized carbons (Fsp3) is 0.471. The van der Waals surface area contributed by atoms with Crippen molar-refractivity contribution in [3.8, 4) is 11.5 Å². The van der Waals surface area contributed by atoms with Crippen LogP contribution in [-0.4, -0.2) is 49.5 Å². The van der Waals surface area contributed by atoms with Crippen LogP contribution in [0.1, 0.15) is 81.9 Å². The molecule has 0 fully saturated rings. The van der Waals surface area contributed by atoms with E-state index in [1.165, 1.54) is 0 Å². The Labute approximate surface area is 248 Å². The van der Waals surface area contributed by atoms with Gasteiger partial charge in [0.15, 0.2) is 17.3 Å². The van der Waals surface area contributed by atoms with Gasteiger partial charge in [-0.15, -0.1) is 0 Å². The molecular weight excluding hydrogens is 532 g/mol. The van der Waals surface area contributed by atoms with E-state index >= 15 is 0 Å². The van der Waals surface area contributed by atoms with Crippen molar-refractivity contribution in [2.24, 2.45) is 5.92 Å². The number of benzene rings is 2. The molecule has 0 aliphatic heterocycles. The Kier molecular flexibility index (Phi) is 10.8. The van der Waals surface area contributed by atoms with Gasteiger partial charge >= 0.3 is 0 Å². The van der Waals surface area contributed by atoms with Crippen LogP contribution >= 0.6 is 0 Å². The number of ketones is 2. The van der Waals surface area contributed by atoms with Crippen LogP contribution in [0.2, 0.25) is 0 Å². The van der Waals surface area contributed by atoms with Crippen LogP contribution in [0.4, 0.5) is 0 Å². The van der Waals surface area contributed by atoms with Gasteiger partial charge in [0, 0.05) is 60.4 Å². The van der Waals surface area contributed by atoms with Crippen molar-refractivity contribution in [1.82, 2.24) is 10.6 Å². The summed E-state index contributed by atoms with van der Waals surface area (Å²) >= 11 is 0. The van der Waals surface area contributed by atoms with Crippen LogP contribution in [-0.2, 0) is 0 Å². The standard InChI is InChI=1S/C34H44N2O6/c1-7-29(37)32-16-25-11-13-28(19-31(25)41-32)40-24(6)20-36-23(5)9-8-22(4)34(38)33-17-26-10-12-27(18-30(26)42-33)39-15-14-35-21(2)3/h10-13,16-19,21-24,35-36H,7-9,14-15,20H2,1-6H3/t22?,23?,24-/m1/s1. The molecule has 226 valence electrons. The van der Waals surface area contributed by atoms with Gasteiger partial charge in [-0.25, -0.2) is 0 Å². The molecule has 0 saturated carbocycles. The second-order valence-electron chi connectivity index (χ2n) is 11.4. The molecule has 0 bridgehead atoms. The van der Waals surface area contributed by atoms with Crippen molar-refractivity contribution in [3.63, 3.8) is 0 Å².